The normalized spacial score (nSPS) is 15.1. The number of hydrogen-bond donors (Lipinski definition) is 0. The lowest BCUT2D eigenvalue weighted by atomic mass is 10.1. The molecule has 0 radical (unpaired) electrons. The Labute approximate surface area is 203 Å². The van der Waals surface area contributed by atoms with E-state index in [0.717, 1.165) is 34.7 Å². The Morgan fingerprint density at radius 3 is 2.74 bits per heavy atom. The molecule has 0 saturated heterocycles. The van der Waals surface area contributed by atoms with Gasteiger partial charge in [-0.3, -0.25) is 14.5 Å². The fourth-order valence-corrected chi connectivity index (χ4v) is 4.42. The van der Waals surface area contributed by atoms with Crippen LogP contribution in [0.25, 0.3) is 21.8 Å². The van der Waals surface area contributed by atoms with Gasteiger partial charge >= 0.3 is 5.97 Å². The molecule has 8 heteroatoms. The minimum absolute atomic E-state index is 0.157. The zero-order valence-corrected chi connectivity index (χ0v) is 20.2. The summed E-state index contributed by atoms with van der Waals surface area (Å²) in [6.07, 6.45) is 1.33. The molecule has 1 atom stereocenters. The van der Waals surface area contributed by atoms with Gasteiger partial charge in [-0.2, -0.15) is 0 Å². The molecule has 0 bridgehead atoms. The molecular formula is C26H28N2O5S. The number of thiazole rings is 1. The number of amides is 1. The Balaban J connectivity index is 1.49. The van der Waals surface area contributed by atoms with Crippen LogP contribution in [-0.2, 0) is 19.1 Å². The second-order valence-corrected chi connectivity index (χ2v) is 8.82. The molecule has 2 aromatic carbocycles. The van der Waals surface area contributed by atoms with Crippen LogP contribution >= 0.6 is 11.3 Å². The van der Waals surface area contributed by atoms with E-state index in [2.05, 4.69) is 6.92 Å². The zero-order valence-electron chi connectivity index (χ0n) is 19.4. The van der Waals surface area contributed by atoms with Gasteiger partial charge in [0.25, 0.3) is 5.91 Å². The summed E-state index contributed by atoms with van der Waals surface area (Å²) in [7, 11) is 0. The average molecular weight is 481 g/mol. The van der Waals surface area contributed by atoms with Crippen molar-refractivity contribution < 1.29 is 23.8 Å². The molecule has 1 aliphatic heterocycles. The van der Waals surface area contributed by atoms with E-state index in [9.17, 15) is 9.59 Å². The van der Waals surface area contributed by atoms with Crippen molar-refractivity contribution in [3.63, 3.8) is 0 Å². The first-order valence-corrected chi connectivity index (χ1v) is 12.3. The molecule has 34 heavy (non-hydrogen) atoms. The third-order valence-electron chi connectivity index (χ3n) is 5.41. The summed E-state index contributed by atoms with van der Waals surface area (Å²) in [6.45, 7) is 4.71. The molecule has 1 aliphatic rings. The fourth-order valence-electron chi connectivity index (χ4n) is 3.59. The SMILES string of the molecule is CCCCOCCOC(=O)CN1C(=O)C(C)Oc2ccc(-c3csc(-c4ccccc4)n3)cc21. The molecule has 178 valence electrons. The highest BCUT2D eigenvalue weighted by atomic mass is 32.1. The number of ether oxygens (including phenoxy) is 3. The van der Waals surface area contributed by atoms with Crippen LogP contribution < -0.4 is 9.64 Å². The van der Waals surface area contributed by atoms with E-state index >= 15 is 0 Å². The number of rotatable bonds is 10. The van der Waals surface area contributed by atoms with Crippen LogP contribution in [0.5, 0.6) is 5.75 Å². The minimum atomic E-state index is -0.688. The smallest absolute Gasteiger partial charge is 0.326 e. The maximum atomic E-state index is 12.9. The van der Waals surface area contributed by atoms with Gasteiger partial charge in [-0.25, -0.2) is 4.98 Å². The highest BCUT2D eigenvalue weighted by molar-refractivity contribution is 7.13. The van der Waals surface area contributed by atoms with Crippen molar-refractivity contribution in [1.82, 2.24) is 4.98 Å². The van der Waals surface area contributed by atoms with E-state index in [1.807, 2.05) is 53.9 Å². The number of esters is 1. The van der Waals surface area contributed by atoms with Gasteiger partial charge in [0.1, 0.15) is 23.9 Å². The van der Waals surface area contributed by atoms with Crippen LogP contribution in [0.3, 0.4) is 0 Å². The third-order valence-corrected chi connectivity index (χ3v) is 6.30. The zero-order chi connectivity index (χ0) is 23.9. The summed E-state index contributed by atoms with van der Waals surface area (Å²) >= 11 is 1.55. The molecule has 7 nitrogen and oxygen atoms in total. The molecule has 1 amide bonds. The molecular weight excluding hydrogens is 452 g/mol. The number of aromatic nitrogens is 1. The van der Waals surface area contributed by atoms with Gasteiger partial charge in [0.2, 0.25) is 0 Å². The van der Waals surface area contributed by atoms with Gasteiger partial charge in [0.15, 0.2) is 6.10 Å². The lowest BCUT2D eigenvalue weighted by Gasteiger charge is -2.32. The number of hydrogen-bond acceptors (Lipinski definition) is 7. The Morgan fingerprint density at radius 1 is 1.12 bits per heavy atom. The van der Waals surface area contributed by atoms with Crippen molar-refractivity contribution >= 4 is 28.9 Å². The van der Waals surface area contributed by atoms with Crippen LogP contribution in [0.1, 0.15) is 26.7 Å². The van der Waals surface area contributed by atoms with Crippen LogP contribution in [0.15, 0.2) is 53.9 Å². The first-order valence-electron chi connectivity index (χ1n) is 11.4. The van der Waals surface area contributed by atoms with Crippen LogP contribution in [0.4, 0.5) is 5.69 Å². The Kier molecular flexibility index (Phi) is 7.92. The molecule has 1 aromatic heterocycles. The number of unbranched alkanes of at least 4 members (excludes halogenated alkanes) is 1. The van der Waals surface area contributed by atoms with E-state index in [4.69, 9.17) is 19.2 Å². The van der Waals surface area contributed by atoms with Crippen LogP contribution in [0, 0.1) is 0 Å². The molecule has 2 heterocycles. The Bertz CT molecular complexity index is 1130. The highest BCUT2D eigenvalue weighted by Gasteiger charge is 2.33. The number of benzene rings is 2. The fraction of sp³-hybridized carbons (Fsp3) is 0.346. The number of nitrogens with zero attached hydrogens (tertiary/aromatic N) is 2. The molecule has 0 N–H and O–H groups in total. The predicted octanol–water partition coefficient (Wildman–Crippen LogP) is 4.95. The summed E-state index contributed by atoms with van der Waals surface area (Å²) in [5.41, 5.74) is 3.22. The predicted molar refractivity (Wildman–Crippen MR) is 132 cm³/mol. The van der Waals surface area contributed by atoms with Gasteiger partial charge in [-0.15, -0.1) is 11.3 Å². The van der Waals surface area contributed by atoms with E-state index in [1.165, 1.54) is 4.90 Å². The summed E-state index contributed by atoms with van der Waals surface area (Å²) in [5.74, 6) is -0.230. The van der Waals surface area contributed by atoms with Crippen molar-refractivity contribution in [3.8, 4) is 27.6 Å². The first-order chi connectivity index (χ1) is 16.6. The van der Waals surface area contributed by atoms with Gasteiger partial charge in [0.05, 0.1) is 18.0 Å². The number of carbonyl (C=O) groups excluding carboxylic acids is 2. The van der Waals surface area contributed by atoms with Crippen molar-refractivity contribution in [2.24, 2.45) is 0 Å². The van der Waals surface area contributed by atoms with Crippen molar-refractivity contribution in [2.75, 3.05) is 31.3 Å². The van der Waals surface area contributed by atoms with Crippen LogP contribution in [0.2, 0.25) is 0 Å². The van der Waals surface area contributed by atoms with Crippen molar-refractivity contribution in [3.05, 3.63) is 53.9 Å². The molecule has 0 fully saturated rings. The van der Waals surface area contributed by atoms with E-state index in [0.29, 0.717) is 24.7 Å². The summed E-state index contributed by atoms with van der Waals surface area (Å²) in [4.78, 5) is 31.5. The monoisotopic (exact) mass is 480 g/mol. The Hall–Kier alpha value is -3.23. The maximum Gasteiger partial charge on any atom is 0.326 e. The number of anilines is 1. The van der Waals surface area contributed by atoms with E-state index in [-0.39, 0.29) is 19.1 Å². The minimum Gasteiger partial charge on any atom is -0.479 e. The quantitative estimate of drug-likeness (QED) is 0.302. The molecule has 0 aliphatic carbocycles. The average Bonchev–Trinajstić information content (AvgIpc) is 3.35. The number of fused-ring (bicyclic) bond motifs is 1. The molecule has 0 saturated carbocycles. The Morgan fingerprint density at radius 2 is 1.94 bits per heavy atom. The maximum absolute atomic E-state index is 12.9. The van der Waals surface area contributed by atoms with Crippen molar-refractivity contribution in [1.29, 1.82) is 0 Å². The second kappa shape index (κ2) is 11.3. The summed E-state index contributed by atoms with van der Waals surface area (Å²) < 4.78 is 16.5. The van der Waals surface area contributed by atoms with Crippen molar-refractivity contribution in [2.45, 2.75) is 32.8 Å². The first kappa shape index (κ1) is 23.9. The number of carbonyl (C=O) groups is 2. The summed E-state index contributed by atoms with van der Waals surface area (Å²) in [6, 6.07) is 15.5. The molecule has 4 rings (SSSR count). The lowest BCUT2D eigenvalue weighted by molar-refractivity contribution is -0.144. The van der Waals surface area contributed by atoms with Gasteiger partial charge < -0.3 is 14.2 Å². The third kappa shape index (κ3) is 5.63. The molecule has 1 unspecified atom stereocenters. The largest absolute Gasteiger partial charge is 0.479 e. The standard InChI is InChI=1S/C26H28N2O5S/c1-3-4-12-31-13-14-32-24(29)16-28-22-15-20(10-11-23(22)33-18(2)26(28)30)21-17-34-25(27-21)19-8-6-5-7-9-19/h5-11,15,17-18H,3-4,12-14,16H2,1-2H3. The lowest BCUT2D eigenvalue weighted by Crippen LogP contribution is -2.47. The highest BCUT2D eigenvalue weighted by Crippen LogP contribution is 2.38. The van der Waals surface area contributed by atoms with Gasteiger partial charge in [-0.1, -0.05) is 43.7 Å². The van der Waals surface area contributed by atoms with Gasteiger partial charge in [0, 0.05) is 23.1 Å². The van der Waals surface area contributed by atoms with Crippen LogP contribution in [-0.4, -0.2) is 49.3 Å². The van der Waals surface area contributed by atoms with E-state index < -0.39 is 12.1 Å². The summed E-state index contributed by atoms with van der Waals surface area (Å²) in [5, 5.41) is 2.89. The molecule has 3 aromatic rings. The topological polar surface area (TPSA) is 78.0 Å². The van der Waals surface area contributed by atoms with Gasteiger partial charge in [-0.05, 0) is 31.5 Å². The van der Waals surface area contributed by atoms with E-state index in [1.54, 1.807) is 18.3 Å². The molecule has 0 spiro atoms. The second-order valence-electron chi connectivity index (χ2n) is 7.96.